The highest BCUT2D eigenvalue weighted by Gasteiger charge is 2.26. The van der Waals surface area contributed by atoms with Gasteiger partial charge in [-0.05, 0) is 39.2 Å². The summed E-state index contributed by atoms with van der Waals surface area (Å²) in [5.74, 6) is 0.917. The third kappa shape index (κ3) is 4.52. The summed E-state index contributed by atoms with van der Waals surface area (Å²) in [6, 6.07) is 0.281. The van der Waals surface area contributed by atoms with Crippen molar-refractivity contribution in [1.82, 2.24) is 10.6 Å². The molecule has 0 saturated carbocycles. The van der Waals surface area contributed by atoms with Crippen molar-refractivity contribution in [1.29, 1.82) is 0 Å². The molecule has 0 spiro atoms. The molecule has 0 aromatic carbocycles. The van der Waals surface area contributed by atoms with Gasteiger partial charge in [-0.1, -0.05) is 26.2 Å². The van der Waals surface area contributed by atoms with E-state index in [0.29, 0.717) is 0 Å². The second kappa shape index (κ2) is 6.89. The summed E-state index contributed by atoms with van der Waals surface area (Å²) < 4.78 is 0. The Morgan fingerprint density at radius 3 is 2.88 bits per heavy atom. The zero-order valence-electron chi connectivity index (χ0n) is 10.9. The Kier molecular flexibility index (Phi) is 5.81. The maximum Gasteiger partial charge on any atom is 0.237 e. The summed E-state index contributed by atoms with van der Waals surface area (Å²) in [6.07, 6.45) is 6.07. The van der Waals surface area contributed by atoms with Crippen LogP contribution in [0.2, 0.25) is 0 Å². The van der Waals surface area contributed by atoms with E-state index < -0.39 is 0 Å². The molecule has 1 saturated heterocycles. The Balaban J connectivity index is 2.34. The van der Waals surface area contributed by atoms with Crippen LogP contribution < -0.4 is 10.6 Å². The topological polar surface area (TPSA) is 41.1 Å². The first-order valence-corrected chi connectivity index (χ1v) is 6.67. The molecule has 0 bridgehead atoms. The molecule has 3 nitrogen and oxygen atoms in total. The number of hydrogen-bond acceptors (Lipinski definition) is 2. The molecule has 0 aromatic rings. The molecular weight excluding hydrogens is 200 g/mol. The highest BCUT2D eigenvalue weighted by atomic mass is 16.2. The van der Waals surface area contributed by atoms with Gasteiger partial charge in [-0.3, -0.25) is 4.79 Å². The Morgan fingerprint density at radius 2 is 2.25 bits per heavy atom. The lowest BCUT2D eigenvalue weighted by atomic mass is 9.88. The third-order valence-corrected chi connectivity index (χ3v) is 3.23. The van der Waals surface area contributed by atoms with E-state index in [4.69, 9.17) is 0 Å². The first kappa shape index (κ1) is 13.5. The van der Waals surface area contributed by atoms with Crippen LogP contribution in [0.3, 0.4) is 0 Å². The minimum Gasteiger partial charge on any atom is -0.353 e. The second-order valence-electron chi connectivity index (χ2n) is 5.20. The lowest BCUT2D eigenvalue weighted by Crippen LogP contribution is -2.50. The number of carbonyl (C=O) groups is 1. The predicted molar refractivity (Wildman–Crippen MR) is 67.3 cm³/mol. The molecule has 0 aromatic heterocycles. The number of amides is 1. The van der Waals surface area contributed by atoms with Crippen LogP contribution >= 0.6 is 0 Å². The minimum atomic E-state index is 0.0398. The molecule has 1 aliphatic rings. The molecule has 1 heterocycles. The number of hydrogen-bond donors (Lipinski definition) is 2. The van der Waals surface area contributed by atoms with Gasteiger partial charge in [0.2, 0.25) is 5.91 Å². The molecule has 2 unspecified atom stereocenters. The lowest BCUT2D eigenvalue weighted by Gasteiger charge is -2.30. The van der Waals surface area contributed by atoms with E-state index in [9.17, 15) is 4.79 Å². The molecule has 16 heavy (non-hydrogen) atoms. The third-order valence-electron chi connectivity index (χ3n) is 3.23. The maximum atomic E-state index is 11.9. The van der Waals surface area contributed by atoms with E-state index in [1.807, 2.05) is 13.8 Å². The number of nitrogens with one attached hydrogen (secondary N) is 2. The summed E-state index contributed by atoms with van der Waals surface area (Å²) in [6.45, 7) is 7.24. The van der Waals surface area contributed by atoms with Crippen LogP contribution in [0, 0.1) is 5.92 Å². The van der Waals surface area contributed by atoms with Crippen molar-refractivity contribution < 1.29 is 4.79 Å². The van der Waals surface area contributed by atoms with Gasteiger partial charge in [0, 0.05) is 6.04 Å². The van der Waals surface area contributed by atoms with Crippen molar-refractivity contribution >= 4 is 5.91 Å². The average Bonchev–Trinajstić information content (AvgIpc) is 2.26. The van der Waals surface area contributed by atoms with E-state index in [0.717, 1.165) is 18.9 Å². The van der Waals surface area contributed by atoms with Crippen LogP contribution in [-0.4, -0.2) is 24.5 Å². The van der Waals surface area contributed by atoms with Crippen molar-refractivity contribution in [2.45, 2.75) is 65.0 Å². The highest BCUT2D eigenvalue weighted by molar-refractivity contribution is 5.82. The lowest BCUT2D eigenvalue weighted by molar-refractivity contribution is -0.124. The average molecular weight is 226 g/mol. The molecule has 1 fully saturated rings. The van der Waals surface area contributed by atoms with Gasteiger partial charge in [0.15, 0.2) is 0 Å². The zero-order chi connectivity index (χ0) is 12.0. The van der Waals surface area contributed by atoms with Crippen molar-refractivity contribution in [2.75, 3.05) is 6.54 Å². The Hall–Kier alpha value is -0.570. The summed E-state index contributed by atoms with van der Waals surface area (Å²) >= 11 is 0. The highest BCUT2D eigenvalue weighted by Crippen LogP contribution is 2.22. The molecular formula is C13H26N2O. The second-order valence-corrected chi connectivity index (χ2v) is 5.20. The number of rotatable bonds is 5. The van der Waals surface area contributed by atoms with Crippen LogP contribution in [0.5, 0.6) is 0 Å². The van der Waals surface area contributed by atoms with Crippen molar-refractivity contribution in [2.24, 2.45) is 5.92 Å². The van der Waals surface area contributed by atoms with Crippen molar-refractivity contribution in [3.8, 4) is 0 Å². The van der Waals surface area contributed by atoms with Gasteiger partial charge < -0.3 is 10.6 Å². The van der Waals surface area contributed by atoms with Gasteiger partial charge in [0.05, 0.1) is 6.04 Å². The van der Waals surface area contributed by atoms with Gasteiger partial charge in [-0.2, -0.15) is 0 Å². The van der Waals surface area contributed by atoms with Gasteiger partial charge >= 0.3 is 0 Å². The molecule has 1 rings (SSSR count). The van der Waals surface area contributed by atoms with Gasteiger partial charge in [-0.15, -0.1) is 0 Å². The Labute approximate surface area is 99.4 Å². The summed E-state index contributed by atoms with van der Waals surface area (Å²) in [5, 5.41) is 6.31. The summed E-state index contributed by atoms with van der Waals surface area (Å²) in [4.78, 5) is 11.9. The fourth-order valence-electron chi connectivity index (χ4n) is 2.34. The molecule has 1 aliphatic heterocycles. The van der Waals surface area contributed by atoms with Crippen molar-refractivity contribution in [3.63, 3.8) is 0 Å². The maximum absolute atomic E-state index is 11.9. The Bertz CT molecular complexity index is 216. The van der Waals surface area contributed by atoms with Crippen LogP contribution in [0.15, 0.2) is 0 Å². The molecule has 0 aliphatic carbocycles. The SMILES string of the molecule is CCCCC1CCNC(C(=O)NC(C)C)C1. The van der Waals surface area contributed by atoms with E-state index in [2.05, 4.69) is 17.6 Å². The standard InChI is InChI=1S/C13H26N2O/c1-4-5-6-11-7-8-14-12(9-11)13(16)15-10(2)3/h10-12,14H,4-9H2,1-3H3,(H,15,16). The smallest absolute Gasteiger partial charge is 0.237 e. The fourth-order valence-corrected chi connectivity index (χ4v) is 2.34. The Morgan fingerprint density at radius 1 is 1.50 bits per heavy atom. The van der Waals surface area contributed by atoms with Gasteiger partial charge in [0.25, 0.3) is 0 Å². The van der Waals surface area contributed by atoms with Crippen LogP contribution in [0.25, 0.3) is 0 Å². The van der Waals surface area contributed by atoms with Gasteiger partial charge in [0.1, 0.15) is 0 Å². The first-order valence-electron chi connectivity index (χ1n) is 6.67. The van der Waals surface area contributed by atoms with E-state index >= 15 is 0 Å². The molecule has 94 valence electrons. The fraction of sp³-hybridized carbons (Fsp3) is 0.923. The number of piperidine rings is 1. The van der Waals surface area contributed by atoms with Crippen LogP contribution in [0.4, 0.5) is 0 Å². The molecule has 2 N–H and O–H groups in total. The van der Waals surface area contributed by atoms with Crippen LogP contribution in [-0.2, 0) is 4.79 Å². The first-order chi connectivity index (χ1) is 7.63. The largest absolute Gasteiger partial charge is 0.353 e. The van der Waals surface area contributed by atoms with E-state index in [1.54, 1.807) is 0 Å². The number of unbranched alkanes of at least 4 members (excludes halogenated alkanes) is 1. The molecule has 1 amide bonds. The normalized spacial score (nSPS) is 25.8. The monoisotopic (exact) mass is 226 g/mol. The van der Waals surface area contributed by atoms with Crippen LogP contribution in [0.1, 0.15) is 52.9 Å². The zero-order valence-corrected chi connectivity index (χ0v) is 10.9. The summed E-state index contributed by atoms with van der Waals surface area (Å²) in [5.41, 5.74) is 0. The quantitative estimate of drug-likeness (QED) is 0.753. The minimum absolute atomic E-state index is 0.0398. The molecule has 3 heteroatoms. The van der Waals surface area contributed by atoms with E-state index in [1.165, 1.54) is 25.7 Å². The predicted octanol–water partition coefficient (Wildman–Crippen LogP) is 2.07. The number of carbonyl (C=O) groups excluding carboxylic acids is 1. The van der Waals surface area contributed by atoms with Crippen molar-refractivity contribution in [3.05, 3.63) is 0 Å². The molecule has 0 radical (unpaired) electrons. The summed E-state index contributed by atoms with van der Waals surface area (Å²) in [7, 11) is 0. The van der Waals surface area contributed by atoms with Gasteiger partial charge in [-0.25, -0.2) is 0 Å². The van der Waals surface area contributed by atoms with E-state index in [-0.39, 0.29) is 18.0 Å². The molecule has 2 atom stereocenters.